The molecule has 0 bridgehead atoms. The molecular formula is C22H20ClF4N3O4. The van der Waals surface area contributed by atoms with E-state index >= 15 is 4.39 Å². The molecule has 0 aliphatic carbocycles. The second kappa shape index (κ2) is 9.12. The number of primary amides is 1. The fourth-order valence-electron chi connectivity index (χ4n) is 4.81. The molecule has 7 nitrogen and oxygen atoms in total. The number of β-amino-alcohol motifs (C(OH)–C–C–N with tert-alkyl or cyclic N) is 1. The first-order valence-electron chi connectivity index (χ1n) is 10.7. The topological polar surface area (TPSA) is 106 Å². The zero-order valence-corrected chi connectivity index (χ0v) is 18.3. The Balaban J connectivity index is 1.89. The fourth-order valence-corrected chi connectivity index (χ4v) is 4.96. The maximum absolute atomic E-state index is 15.2. The molecule has 2 saturated heterocycles. The average molecular weight is 503 g/mol. The lowest BCUT2D eigenvalue weighted by Crippen LogP contribution is -2.62. The molecule has 2 aromatic rings. The summed E-state index contributed by atoms with van der Waals surface area (Å²) in [4.78, 5) is 31.2. The van der Waals surface area contributed by atoms with Crippen LogP contribution in [-0.2, 0) is 9.53 Å². The third kappa shape index (κ3) is 4.01. The number of pyridine rings is 1. The zero-order valence-electron chi connectivity index (χ0n) is 18.5. The van der Waals surface area contributed by atoms with E-state index in [-0.39, 0.29) is 37.3 Å². The van der Waals surface area contributed by atoms with Crippen molar-refractivity contribution in [2.45, 2.75) is 30.4 Å². The molecule has 1 aromatic carbocycles. The number of aliphatic hydroxyl groups excluding tert-OH is 1. The molecule has 3 heterocycles. The number of halogens is 5. The number of aromatic nitrogens is 1. The highest BCUT2D eigenvalue weighted by Gasteiger charge is 2.60. The summed E-state index contributed by atoms with van der Waals surface area (Å²) in [6.07, 6.45) is -3.28. The van der Waals surface area contributed by atoms with Gasteiger partial charge in [0.1, 0.15) is 22.9 Å². The lowest BCUT2D eigenvalue weighted by atomic mass is 9.68. The molecule has 34 heavy (non-hydrogen) atoms. The Hall–Kier alpha value is -2.76. The minimum Gasteiger partial charge on any atom is -0.391 e. The summed E-state index contributed by atoms with van der Waals surface area (Å²) in [6.45, 7) is -0.204. The lowest BCUT2D eigenvalue weighted by molar-refractivity contribution is -0.134. The number of aliphatic hydroxyl groups is 1. The predicted octanol–water partition coefficient (Wildman–Crippen LogP) is 2.81. The molecule has 12 heteroatoms. The second-order valence-corrected chi connectivity index (χ2v) is 8.77. The van der Waals surface area contributed by atoms with E-state index in [9.17, 15) is 22.8 Å². The Labute approximate surface area is 197 Å². The predicted molar refractivity (Wildman–Crippen MR) is 111 cm³/mol. The molecule has 0 saturated carbocycles. The van der Waals surface area contributed by atoms with Crippen LogP contribution in [0.15, 0.2) is 30.5 Å². The summed E-state index contributed by atoms with van der Waals surface area (Å²) in [7, 11) is 0. The highest BCUT2D eigenvalue weighted by atomic mass is 35.5. The van der Waals surface area contributed by atoms with Crippen molar-refractivity contribution in [2.24, 2.45) is 11.7 Å². The third-order valence-corrected chi connectivity index (χ3v) is 6.64. The summed E-state index contributed by atoms with van der Waals surface area (Å²) in [5.74, 6) is -5.59. The number of nitrogens with two attached hydrogens (primary N) is 1. The van der Waals surface area contributed by atoms with Crippen LogP contribution in [0.3, 0.4) is 0 Å². The van der Waals surface area contributed by atoms with Crippen molar-refractivity contribution >= 4 is 23.4 Å². The molecule has 3 N–H and O–H groups in total. The van der Waals surface area contributed by atoms with E-state index < -0.39 is 64.1 Å². The van der Waals surface area contributed by atoms with Gasteiger partial charge in [-0.2, -0.15) is 0 Å². The standard InChI is InChI=1S/C22H20ClF4N3O4/c23-14-5-15(24)13(4-16(14)25)18(11-8-34-9-11)22(21(28)33)6-12(31)7-30(22)20(32)10-1-2-29-17(3-10)19(26)27/h1-5,11-12,18-19,31H,6-9H2,(H2,28,33)/t12?,18-,22-/m1/s1/i31D. The summed E-state index contributed by atoms with van der Waals surface area (Å²) >= 11 is 5.71. The second-order valence-electron chi connectivity index (χ2n) is 8.36. The van der Waals surface area contributed by atoms with Crippen LogP contribution in [0.4, 0.5) is 17.6 Å². The highest BCUT2D eigenvalue weighted by Crippen LogP contribution is 2.49. The van der Waals surface area contributed by atoms with Gasteiger partial charge in [-0.3, -0.25) is 14.6 Å². The van der Waals surface area contributed by atoms with Gasteiger partial charge in [0.05, 0.1) is 24.3 Å². The van der Waals surface area contributed by atoms with Gasteiger partial charge in [0.25, 0.3) is 12.3 Å². The van der Waals surface area contributed by atoms with Crippen molar-refractivity contribution < 1.29 is 37.0 Å². The molecule has 2 aliphatic heterocycles. The summed E-state index contributed by atoms with van der Waals surface area (Å²) in [6, 6.07) is 3.64. The zero-order chi connectivity index (χ0) is 25.5. The van der Waals surface area contributed by atoms with Gasteiger partial charge in [-0.15, -0.1) is 0 Å². The largest absolute Gasteiger partial charge is 0.391 e. The number of amides is 2. The highest BCUT2D eigenvalue weighted by molar-refractivity contribution is 6.30. The van der Waals surface area contributed by atoms with Gasteiger partial charge in [-0.25, -0.2) is 17.6 Å². The number of carbonyl (C=O) groups excluding carboxylic acids is 2. The minimum absolute atomic E-state index is 0.0581. The molecule has 2 aliphatic rings. The van der Waals surface area contributed by atoms with E-state index in [0.717, 1.165) is 29.3 Å². The van der Waals surface area contributed by atoms with E-state index in [1.54, 1.807) is 0 Å². The maximum Gasteiger partial charge on any atom is 0.280 e. The van der Waals surface area contributed by atoms with Crippen LogP contribution in [0, 0.1) is 17.6 Å². The van der Waals surface area contributed by atoms with Gasteiger partial charge in [0, 0.05) is 36.6 Å². The van der Waals surface area contributed by atoms with E-state index in [1.165, 1.54) is 6.07 Å². The first kappa shape index (κ1) is 23.0. The number of benzene rings is 1. The van der Waals surface area contributed by atoms with Crippen LogP contribution < -0.4 is 5.73 Å². The first-order valence-corrected chi connectivity index (χ1v) is 10.7. The number of hydrogen-bond acceptors (Lipinski definition) is 5. The normalized spacial score (nSPS) is 24.1. The van der Waals surface area contributed by atoms with Crippen LogP contribution in [0.5, 0.6) is 0 Å². The smallest absolute Gasteiger partial charge is 0.280 e. The Bertz CT molecular complexity index is 1160. The van der Waals surface area contributed by atoms with Gasteiger partial charge >= 0.3 is 0 Å². The van der Waals surface area contributed by atoms with Crippen molar-refractivity contribution in [3.05, 3.63) is 63.9 Å². The number of hydrogen-bond donors (Lipinski definition) is 2. The van der Waals surface area contributed by atoms with Gasteiger partial charge in [0.15, 0.2) is 0 Å². The molecule has 2 amide bonds. The van der Waals surface area contributed by atoms with Gasteiger partial charge in [-0.1, -0.05) is 11.6 Å². The molecule has 182 valence electrons. The van der Waals surface area contributed by atoms with E-state index in [0.29, 0.717) is 0 Å². The first-order chi connectivity index (χ1) is 16.6. The number of carbonyl (C=O) groups is 2. The van der Waals surface area contributed by atoms with Crippen LogP contribution >= 0.6 is 11.6 Å². The number of rotatable bonds is 7. The third-order valence-electron chi connectivity index (χ3n) is 6.35. The van der Waals surface area contributed by atoms with Crippen molar-refractivity contribution in [1.82, 2.24) is 9.88 Å². The number of likely N-dealkylation sites (tertiary alicyclic amines) is 1. The maximum atomic E-state index is 15.2. The van der Waals surface area contributed by atoms with Crippen LogP contribution in [0.2, 0.25) is 5.02 Å². The molecule has 1 aromatic heterocycles. The van der Waals surface area contributed by atoms with Crippen molar-refractivity contribution in [3.8, 4) is 0 Å². The monoisotopic (exact) mass is 502 g/mol. The van der Waals surface area contributed by atoms with Gasteiger partial charge in [0.2, 0.25) is 7.34 Å². The SMILES string of the molecule is [2H]OC1CN(C(=O)c2ccnc(C(F)F)c2)[C@@](C(N)=O)([C@@H](c2cc(F)c(Cl)cc2F)C2COC2)C1. The van der Waals surface area contributed by atoms with Crippen LogP contribution in [0.1, 0.15) is 40.4 Å². The summed E-state index contributed by atoms with van der Waals surface area (Å²) in [5.41, 5.74) is 2.70. The minimum atomic E-state index is -2.96. The Kier molecular flexibility index (Phi) is 6.17. The van der Waals surface area contributed by atoms with Gasteiger partial charge in [-0.05, 0) is 29.8 Å². The lowest BCUT2D eigenvalue weighted by Gasteiger charge is -2.47. The molecule has 2 fully saturated rings. The quantitative estimate of drug-likeness (QED) is 0.447. The van der Waals surface area contributed by atoms with Crippen molar-refractivity contribution in [1.29, 1.82) is 1.43 Å². The van der Waals surface area contributed by atoms with E-state index in [4.69, 9.17) is 23.5 Å². The Morgan fingerprint density at radius 1 is 1.29 bits per heavy atom. The van der Waals surface area contributed by atoms with E-state index in [1.807, 2.05) is 0 Å². The molecule has 0 radical (unpaired) electrons. The fraction of sp³-hybridized carbons (Fsp3) is 0.409. The number of alkyl halides is 2. The molecular weight excluding hydrogens is 482 g/mol. The van der Waals surface area contributed by atoms with Crippen LogP contribution in [-0.4, -0.2) is 59.6 Å². The molecule has 4 rings (SSSR count). The summed E-state index contributed by atoms with van der Waals surface area (Å²) < 4.78 is 68.6. The molecule has 0 spiro atoms. The number of ether oxygens (including phenoxy) is 1. The average Bonchev–Trinajstić information content (AvgIpc) is 3.19. The molecule has 1 unspecified atom stereocenters. The Morgan fingerprint density at radius 3 is 2.62 bits per heavy atom. The summed E-state index contributed by atoms with van der Waals surface area (Å²) in [5, 5.41) is 4.20. The van der Waals surface area contributed by atoms with Crippen molar-refractivity contribution in [3.63, 3.8) is 0 Å². The van der Waals surface area contributed by atoms with Crippen LogP contribution in [0.25, 0.3) is 0 Å². The van der Waals surface area contributed by atoms with Crippen molar-refractivity contribution in [2.75, 3.05) is 19.8 Å². The number of nitrogens with zero attached hydrogens (tertiary/aromatic N) is 2. The van der Waals surface area contributed by atoms with E-state index in [2.05, 4.69) is 10.1 Å². The molecule has 3 atom stereocenters. The van der Waals surface area contributed by atoms with Gasteiger partial charge < -0.3 is 20.5 Å². The Morgan fingerprint density at radius 2 is 2.03 bits per heavy atom.